The molecule has 2 heteroatoms. The number of likely N-dealkylation sites (N-methyl/N-ethyl adjacent to an activating group) is 1. The molecule has 0 aliphatic heterocycles. The molecule has 2 nitrogen and oxygen atoms in total. The average molecular weight is 207 g/mol. The van der Waals surface area contributed by atoms with Crippen LogP contribution in [0.2, 0.25) is 0 Å². The molecule has 1 unspecified atom stereocenters. The van der Waals surface area contributed by atoms with Gasteiger partial charge in [0.2, 0.25) is 0 Å². The normalized spacial score (nSPS) is 12.5. The Hall–Kier alpha value is -1.02. The van der Waals surface area contributed by atoms with E-state index >= 15 is 0 Å². The van der Waals surface area contributed by atoms with E-state index in [9.17, 15) is 0 Å². The Kier molecular flexibility index (Phi) is 5.19. The molecule has 84 valence electrons. The molecule has 0 saturated carbocycles. The number of benzene rings is 1. The predicted octanol–water partition coefficient (Wildman–Crippen LogP) is 2.63. The second kappa shape index (κ2) is 6.46. The van der Waals surface area contributed by atoms with E-state index in [4.69, 9.17) is 4.74 Å². The molecule has 0 radical (unpaired) electrons. The number of hydrogen-bond donors (Lipinski definition) is 1. The lowest BCUT2D eigenvalue weighted by atomic mass is 10.1. The molecule has 0 heterocycles. The largest absolute Gasteiger partial charge is 0.489 e. The Morgan fingerprint density at radius 3 is 2.73 bits per heavy atom. The molecule has 0 saturated heterocycles. The lowest BCUT2D eigenvalue weighted by molar-refractivity contribution is 0.196. The molecule has 0 amide bonds. The van der Waals surface area contributed by atoms with Crippen LogP contribution >= 0.6 is 0 Å². The quantitative estimate of drug-likeness (QED) is 0.774. The zero-order valence-corrected chi connectivity index (χ0v) is 9.92. The monoisotopic (exact) mass is 207 g/mol. The molecule has 0 fully saturated rings. The highest BCUT2D eigenvalue weighted by Crippen LogP contribution is 2.16. The molecule has 1 atom stereocenters. The van der Waals surface area contributed by atoms with Crippen molar-refractivity contribution in [1.82, 2.24) is 5.32 Å². The van der Waals surface area contributed by atoms with Crippen molar-refractivity contribution in [2.45, 2.75) is 32.8 Å². The highest BCUT2D eigenvalue weighted by atomic mass is 16.5. The van der Waals surface area contributed by atoms with Crippen LogP contribution in [0.3, 0.4) is 0 Å². The number of ether oxygens (including phenoxy) is 1. The van der Waals surface area contributed by atoms with E-state index in [0.717, 1.165) is 25.1 Å². The van der Waals surface area contributed by atoms with Gasteiger partial charge in [-0.15, -0.1) is 0 Å². The van der Waals surface area contributed by atoms with Gasteiger partial charge in [-0.05, 0) is 37.6 Å². The lowest BCUT2D eigenvalue weighted by Gasteiger charge is -2.17. The van der Waals surface area contributed by atoms with Crippen molar-refractivity contribution in [3.63, 3.8) is 0 Å². The van der Waals surface area contributed by atoms with Gasteiger partial charge in [0, 0.05) is 6.54 Å². The van der Waals surface area contributed by atoms with Gasteiger partial charge in [-0.3, -0.25) is 0 Å². The molecule has 0 aliphatic rings. The van der Waals surface area contributed by atoms with Crippen molar-refractivity contribution >= 4 is 0 Å². The van der Waals surface area contributed by atoms with Gasteiger partial charge >= 0.3 is 0 Å². The van der Waals surface area contributed by atoms with Gasteiger partial charge < -0.3 is 10.1 Å². The molecule has 15 heavy (non-hydrogen) atoms. The van der Waals surface area contributed by atoms with E-state index in [-0.39, 0.29) is 6.10 Å². The summed E-state index contributed by atoms with van der Waals surface area (Å²) in [6.07, 6.45) is 2.35. The maximum Gasteiger partial charge on any atom is 0.120 e. The maximum atomic E-state index is 5.88. The Labute approximate surface area is 92.6 Å². The number of nitrogens with one attached hydrogen (secondary N) is 1. The van der Waals surface area contributed by atoms with Crippen molar-refractivity contribution in [3.8, 4) is 5.75 Å². The summed E-state index contributed by atoms with van der Waals surface area (Å²) < 4.78 is 5.88. The average Bonchev–Trinajstić information content (AvgIpc) is 2.29. The standard InChI is InChI=1S/C13H21NO/c1-4-11-7-6-8-13(9-11)15-12(5-2)10-14-3/h6-9,12,14H,4-5,10H2,1-3H3. The van der Waals surface area contributed by atoms with Gasteiger partial charge in [0.05, 0.1) is 0 Å². The van der Waals surface area contributed by atoms with Gasteiger partial charge in [0.25, 0.3) is 0 Å². The zero-order valence-electron chi connectivity index (χ0n) is 9.92. The summed E-state index contributed by atoms with van der Waals surface area (Å²) in [6.45, 7) is 5.20. The SMILES string of the molecule is CCc1cccc(OC(CC)CNC)c1. The highest BCUT2D eigenvalue weighted by molar-refractivity contribution is 5.28. The Balaban J connectivity index is 2.61. The topological polar surface area (TPSA) is 21.3 Å². The van der Waals surface area contributed by atoms with Crippen LogP contribution in [0.1, 0.15) is 25.8 Å². The molecular formula is C13H21NO. The van der Waals surface area contributed by atoms with E-state index in [1.807, 2.05) is 13.1 Å². The molecule has 1 aromatic rings. The molecule has 1 aromatic carbocycles. The van der Waals surface area contributed by atoms with Crippen molar-refractivity contribution < 1.29 is 4.74 Å². The first-order valence-electron chi connectivity index (χ1n) is 5.70. The van der Waals surface area contributed by atoms with Gasteiger partial charge in [-0.2, -0.15) is 0 Å². The summed E-state index contributed by atoms with van der Waals surface area (Å²) in [5, 5.41) is 3.14. The molecule has 0 aromatic heterocycles. The number of hydrogen-bond acceptors (Lipinski definition) is 2. The van der Waals surface area contributed by atoms with Crippen LogP contribution in [0.15, 0.2) is 24.3 Å². The summed E-state index contributed by atoms with van der Waals surface area (Å²) in [5.74, 6) is 0.983. The smallest absolute Gasteiger partial charge is 0.120 e. The van der Waals surface area contributed by atoms with Gasteiger partial charge in [0.15, 0.2) is 0 Å². The zero-order chi connectivity index (χ0) is 11.1. The number of rotatable bonds is 6. The van der Waals surface area contributed by atoms with Gasteiger partial charge in [0.1, 0.15) is 11.9 Å². The van der Waals surface area contributed by atoms with Crippen LogP contribution in [0.25, 0.3) is 0 Å². The maximum absolute atomic E-state index is 5.88. The summed E-state index contributed by atoms with van der Waals surface area (Å²) in [6, 6.07) is 8.34. The summed E-state index contributed by atoms with van der Waals surface area (Å²) in [5.41, 5.74) is 1.33. The number of aryl methyl sites for hydroxylation is 1. The molecule has 1 N–H and O–H groups in total. The first kappa shape index (κ1) is 12.1. The lowest BCUT2D eigenvalue weighted by Crippen LogP contribution is -2.28. The van der Waals surface area contributed by atoms with E-state index in [2.05, 4.69) is 37.4 Å². The minimum atomic E-state index is 0.266. The molecule has 0 aliphatic carbocycles. The third-order valence-electron chi connectivity index (χ3n) is 2.50. The fourth-order valence-electron chi connectivity index (χ4n) is 1.53. The molecule has 1 rings (SSSR count). The highest BCUT2D eigenvalue weighted by Gasteiger charge is 2.06. The van der Waals surface area contributed by atoms with E-state index < -0.39 is 0 Å². The van der Waals surface area contributed by atoms with Crippen LogP contribution in [0.5, 0.6) is 5.75 Å². The molecule has 0 bridgehead atoms. The fourth-order valence-corrected chi connectivity index (χ4v) is 1.53. The van der Waals surface area contributed by atoms with Crippen molar-refractivity contribution in [1.29, 1.82) is 0 Å². The van der Waals surface area contributed by atoms with Gasteiger partial charge in [-0.1, -0.05) is 26.0 Å². The van der Waals surface area contributed by atoms with Gasteiger partial charge in [-0.25, -0.2) is 0 Å². The minimum Gasteiger partial charge on any atom is -0.489 e. The van der Waals surface area contributed by atoms with E-state index in [1.54, 1.807) is 0 Å². The first-order chi connectivity index (χ1) is 7.30. The fraction of sp³-hybridized carbons (Fsp3) is 0.538. The predicted molar refractivity (Wildman–Crippen MR) is 64.5 cm³/mol. The molecule has 0 spiro atoms. The summed E-state index contributed by atoms with van der Waals surface area (Å²) >= 11 is 0. The van der Waals surface area contributed by atoms with Crippen molar-refractivity contribution in [3.05, 3.63) is 29.8 Å². The van der Waals surface area contributed by atoms with Crippen LogP contribution < -0.4 is 10.1 Å². The van der Waals surface area contributed by atoms with Crippen LogP contribution in [0.4, 0.5) is 0 Å². The van der Waals surface area contributed by atoms with Crippen molar-refractivity contribution in [2.24, 2.45) is 0 Å². The second-order valence-electron chi connectivity index (χ2n) is 3.71. The Morgan fingerprint density at radius 1 is 1.33 bits per heavy atom. The molecular weight excluding hydrogens is 186 g/mol. The minimum absolute atomic E-state index is 0.266. The van der Waals surface area contributed by atoms with E-state index in [0.29, 0.717) is 0 Å². The van der Waals surface area contributed by atoms with Crippen LogP contribution in [-0.2, 0) is 6.42 Å². The Bertz CT molecular complexity index is 286. The summed E-state index contributed by atoms with van der Waals surface area (Å²) in [4.78, 5) is 0. The first-order valence-corrected chi connectivity index (χ1v) is 5.70. The summed E-state index contributed by atoms with van der Waals surface area (Å²) in [7, 11) is 1.95. The van der Waals surface area contributed by atoms with Crippen LogP contribution in [0, 0.1) is 0 Å². The van der Waals surface area contributed by atoms with Crippen LogP contribution in [-0.4, -0.2) is 19.7 Å². The van der Waals surface area contributed by atoms with E-state index in [1.165, 1.54) is 5.56 Å². The Morgan fingerprint density at radius 2 is 2.13 bits per heavy atom. The van der Waals surface area contributed by atoms with Crippen molar-refractivity contribution in [2.75, 3.05) is 13.6 Å². The third-order valence-corrected chi connectivity index (χ3v) is 2.50. The second-order valence-corrected chi connectivity index (χ2v) is 3.71. The third kappa shape index (κ3) is 3.92.